The normalized spacial score (nSPS) is 10.4. The molecule has 0 aliphatic rings. The third kappa shape index (κ3) is 5.39. The van der Waals surface area contributed by atoms with E-state index in [0.717, 1.165) is 5.56 Å². The first-order valence-corrected chi connectivity index (χ1v) is 9.33. The van der Waals surface area contributed by atoms with E-state index in [1.54, 1.807) is 43.5 Å². The van der Waals surface area contributed by atoms with Crippen LogP contribution in [-0.4, -0.2) is 24.6 Å². The van der Waals surface area contributed by atoms with E-state index in [1.807, 2.05) is 0 Å². The fraction of sp³-hybridized carbons (Fsp3) is 0.222. The molecule has 25 heavy (non-hydrogen) atoms. The number of ether oxygens (including phenoxy) is 1. The van der Waals surface area contributed by atoms with E-state index in [0.29, 0.717) is 32.8 Å². The summed E-state index contributed by atoms with van der Waals surface area (Å²) < 4.78 is 5.30. The molecule has 0 saturated carbocycles. The molecule has 132 valence electrons. The Morgan fingerprint density at radius 2 is 1.84 bits per heavy atom. The van der Waals surface area contributed by atoms with Crippen LogP contribution in [0.15, 0.2) is 36.4 Å². The van der Waals surface area contributed by atoms with Crippen LogP contribution in [0.1, 0.15) is 22.8 Å². The molecule has 0 spiro atoms. The summed E-state index contributed by atoms with van der Waals surface area (Å²) in [5, 5.41) is 3.49. The van der Waals surface area contributed by atoms with E-state index in [2.05, 4.69) is 5.32 Å². The molecule has 0 aliphatic carbocycles. The molecule has 0 aromatic heterocycles. The lowest BCUT2D eigenvalue weighted by Gasteiger charge is -2.11. The van der Waals surface area contributed by atoms with Gasteiger partial charge in [0.2, 0.25) is 5.91 Å². The second-order valence-corrected chi connectivity index (χ2v) is 7.02. The molecule has 0 radical (unpaired) electrons. The number of carbonyl (C=O) groups excluding carboxylic acids is 2. The highest BCUT2D eigenvalue weighted by Crippen LogP contribution is 2.30. The summed E-state index contributed by atoms with van der Waals surface area (Å²) in [5.74, 6) is 1.22. The SMILES string of the molecule is COc1ccc(C(C)=O)cc1CSCC(=O)Nc1c(Cl)cccc1Cl. The summed E-state index contributed by atoms with van der Waals surface area (Å²) >= 11 is 13.5. The molecule has 0 saturated heterocycles. The van der Waals surface area contributed by atoms with Gasteiger partial charge in [0.15, 0.2) is 5.78 Å². The van der Waals surface area contributed by atoms with Crippen molar-refractivity contribution in [3.63, 3.8) is 0 Å². The molecule has 7 heteroatoms. The molecule has 0 unspecified atom stereocenters. The quantitative estimate of drug-likeness (QED) is 0.661. The van der Waals surface area contributed by atoms with Gasteiger partial charge < -0.3 is 10.1 Å². The number of amides is 1. The number of ketones is 1. The van der Waals surface area contributed by atoms with E-state index < -0.39 is 0 Å². The molecule has 0 bridgehead atoms. The second kappa shape index (κ2) is 9.13. The van der Waals surface area contributed by atoms with Crippen LogP contribution in [0, 0.1) is 0 Å². The fourth-order valence-corrected chi connectivity index (χ4v) is 3.45. The molecule has 2 rings (SSSR count). The predicted molar refractivity (Wildman–Crippen MR) is 104 cm³/mol. The van der Waals surface area contributed by atoms with Gasteiger partial charge in [-0.2, -0.15) is 0 Å². The Morgan fingerprint density at radius 1 is 1.16 bits per heavy atom. The summed E-state index contributed by atoms with van der Waals surface area (Å²) in [4.78, 5) is 23.6. The molecule has 0 atom stereocenters. The van der Waals surface area contributed by atoms with Crippen molar-refractivity contribution >= 4 is 52.3 Å². The maximum atomic E-state index is 12.1. The Morgan fingerprint density at radius 3 is 2.44 bits per heavy atom. The van der Waals surface area contributed by atoms with Crippen molar-refractivity contribution in [2.24, 2.45) is 0 Å². The van der Waals surface area contributed by atoms with Crippen molar-refractivity contribution < 1.29 is 14.3 Å². The third-order valence-electron chi connectivity index (χ3n) is 3.40. The highest BCUT2D eigenvalue weighted by molar-refractivity contribution is 7.99. The standard InChI is InChI=1S/C18H17Cl2NO3S/c1-11(22)12-6-7-16(24-2)13(8-12)9-25-10-17(23)21-18-14(19)4-3-5-15(18)20/h3-8H,9-10H2,1-2H3,(H,21,23). The molecule has 0 fully saturated rings. The molecule has 1 N–H and O–H groups in total. The van der Waals surface area contributed by atoms with Crippen LogP contribution < -0.4 is 10.1 Å². The average Bonchev–Trinajstić information content (AvgIpc) is 2.58. The van der Waals surface area contributed by atoms with E-state index in [4.69, 9.17) is 27.9 Å². The summed E-state index contributed by atoms with van der Waals surface area (Å²) in [7, 11) is 1.57. The first-order valence-electron chi connectivity index (χ1n) is 7.42. The van der Waals surface area contributed by atoms with Gasteiger partial charge in [0.25, 0.3) is 0 Å². The number of thioether (sulfide) groups is 1. The number of carbonyl (C=O) groups is 2. The molecule has 1 amide bonds. The van der Waals surface area contributed by atoms with Gasteiger partial charge >= 0.3 is 0 Å². The van der Waals surface area contributed by atoms with Gasteiger partial charge in [0.1, 0.15) is 5.75 Å². The summed E-state index contributed by atoms with van der Waals surface area (Å²) in [6, 6.07) is 10.3. The average molecular weight is 398 g/mol. The van der Waals surface area contributed by atoms with Crippen molar-refractivity contribution in [2.45, 2.75) is 12.7 Å². The van der Waals surface area contributed by atoms with Crippen LogP contribution in [-0.2, 0) is 10.5 Å². The van der Waals surface area contributed by atoms with Gasteiger partial charge in [-0.05, 0) is 37.3 Å². The first kappa shape index (κ1) is 19.6. The smallest absolute Gasteiger partial charge is 0.234 e. The van der Waals surface area contributed by atoms with Crippen molar-refractivity contribution in [3.8, 4) is 5.75 Å². The zero-order valence-electron chi connectivity index (χ0n) is 13.8. The van der Waals surface area contributed by atoms with Crippen molar-refractivity contribution in [1.29, 1.82) is 0 Å². The Balaban J connectivity index is 1.97. The van der Waals surface area contributed by atoms with Gasteiger partial charge in [-0.15, -0.1) is 11.8 Å². The number of para-hydroxylation sites is 1. The lowest BCUT2D eigenvalue weighted by molar-refractivity contribution is -0.113. The Bertz CT molecular complexity index is 776. The minimum Gasteiger partial charge on any atom is -0.496 e. The molecule has 2 aromatic rings. The van der Waals surface area contributed by atoms with E-state index in [1.165, 1.54) is 18.7 Å². The van der Waals surface area contributed by atoms with Crippen LogP contribution in [0.3, 0.4) is 0 Å². The number of rotatable bonds is 7. The summed E-state index contributed by atoms with van der Waals surface area (Å²) in [5.41, 5.74) is 1.89. The number of Topliss-reactive ketones (excluding diaryl/α,β-unsaturated/α-hetero) is 1. The fourth-order valence-electron chi connectivity index (χ4n) is 2.16. The maximum Gasteiger partial charge on any atom is 0.234 e. The number of hydrogen-bond acceptors (Lipinski definition) is 4. The molecule has 2 aromatic carbocycles. The number of hydrogen-bond donors (Lipinski definition) is 1. The van der Waals surface area contributed by atoms with Crippen LogP contribution in [0.4, 0.5) is 5.69 Å². The van der Waals surface area contributed by atoms with Gasteiger partial charge in [-0.25, -0.2) is 0 Å². The van der Waals surface area contributed by atoms with Crippen molar-refractivity contribution in [1.82, 2.24) is 0 Å². The Kier molecular flexibility index (Phi) is 7.17. The van der Waals surface area contributed by atoms with Crippen LogP contribution in [0.2, 0.25) is 10.0 Å². The molecular weight excluding hydrogens is 381 g/mol. The zero-order valence-corrected chi connectivity index (χ0v) is 16.1. The summed E-state index contributed by atoms with van der Waals surface area (Å²) in [6.45, 7) is 1.51. The Hall–Kier alpha value is -1.69. The topological polar surface area (TPSA) is 55.4 Å². The van der Waals surface area contributed by atoms with E-state index >= 15 is 0 Å². The predicted octanol–water partition coefficient (Wildman–Crippen LogP) is 5.08. The number of benzene rings is 2. The van der Waals surface area contributed by atoms with Gasteiger partial charge in [0.05, 0.1) is 28.6 Å². The van der Waals surface area contributed by atoms with Gasteiger partial charge in [-0.1, -0.05) is 29.3 Å². The monoisotopic (exact) mass is 397 g/mol. The van der Waals surface area contributed by atoms with E-state index in [9.17, 15) is 9.59 Å². The Labute approximate surface area is 160 Å². The largest absolute Gasteiger partial charge is 0.496 e. The van der Waals surface area contributed by atoms with Crippen LogP contribution in [0.25, 0.3) is 0 Å². The number of nitrogens with one attached hydrogen (secondary N) is 1. The van der Waals surface area contributed by atoms with Crippen LogP contribution >= 0.6 is 35.0 Å². The van der Waals surface area contributed by atoms with Crippen molar-refractivity contribution in [2.75, 3.05) is 18.2 Å². The summed E-state index contributed by atoms with van der Waals surface area (Å²) in [6.07, 6.45) is 0. The molecule has 4 nitrogen and oxygen atoms in total. The molecule has 0 heterocycles. The number of halogens is 2. The number of anilines is 1. The highest BCUT2D eigenvalue weighted by Gasteiger charge is 2.11. The number of methoxy groups -OCH3 is 1. The lowest BCUT2D eigenvalue weighted by atomic mass is 10.1. The van der Waals surface area contributed by atoms with Crippen LogP contribution in [0.5, 0.6) is 5.75 Å². The van der Waals surface area contributed by atoms with E-state index in [-0.39, 0.29) is 17.4 Å². The minimum absolute atomic E-state index is 0.0139. The lowest BCUT2D eigenvalue weighted by Crippen LogP contribution is -2.15. The zero-order chi connectivity index (χ0) is 18.4. The second-order valence-electron chi connectivity index (χ2n) is 5.22. The van der Waals surface area contributed by atoms with Gasteiger partial charge in [0, 0.05) is 16.9 Å². The highest BCUT2D eigenvalue weighted by atomic mass is 35.5. The minimum atomic E-state index is -0.207. The first-order chi connectivity index (χ1) is 11.9. The molecule has 0 aliphatic heterocycles. The third-order valence-corrected chi connectivity index (χ3v) is 5.02. The van der Waals surface area contributed by atoms with Gasteiger partial charge in [-0.3, -0.25) is 9.59 Å². The van der Waals surface area contributed by atoms with Crippen molar-refractivity contribution in [3.05, 3.63) is 57.6 Å². The maximum absolute atomic E-state index is 12.1. The molecular formula is C18H17Cl2NO3S.